The van der Waals surface area contributed by atoms with Crippen LogP contribution in [0.4, 0.5) is 0 Å². The van der Waals surface area contributed by atoms with Gasteiger partial charge in [-0.15, -0.1) is 0 Å². The summed E-state index contributed by atoms with van der Waals surface area (Å²) in [4.78, 5) is 10.3. The molecule has 4 aliphatic carbocycles. The summed E-state index contributed by atoms with van der Waals surface area (Å²) in [5.74, 6) is 2.87. The summed E-state index contributed by atoms with van der Waals surface area (Å²) in [6.45, 7) is 1.32. The van der Waals surface area contributed by atoms with Crippen molar-refractivity contribution >= 4 is 6.47 Å². The van der Waals surface area contributed by atoms with Gasteiger partial charge in [0.25, 0.3) is 6.47 Å². The Hall–Kier alpha value is -0.530. The molecule has 0 saturated heterocycles. The Balaban J connectivity index is 1.77. The maximum absolute atomic E-state index is 10.3. The Morgan fingerprint density at radius 1 is 1.07 bits per heavy atom. The van der Waals surface area contributed by atoms with E-state index in [1.165, 1.54) is 38.5 Å². The summed E-state index contributed by atoms with van der Waals surface area (Å²) in [6.07, 6.45) is 8.35. The van der Waals surface area contributed by atoms with Crippen LogP contribution in [0.2, 0.25) is 0 Å². The molecule has 0 spiro atoms. The van der Waals surface area contributed by atoms with Gasteiger partial charge < -0.3 is 4.74 Å². The molecule has 0 aromatic heterocycles. The van der Waals surface area contributed by atoms with Gasteiger partial charge in [-0.2, -0.15) is 0 Å². The van der Waals surface area contributed by atoms with Crippen molar-refractivity contribution in [2.45, 2.75) is 38.5 Å². The third-order valence-electron chi connectivity index (χ3n) is 4.62. The van der Waals surface area contributed by atoms with Crippen molar-refractivity contribution in [1.82, 2.24) is 0 Å². The van der Waals surface area contributed by atoms with E-state index in [1.54, 1.807) is 0 Å². The van der Waals surface area contributed by atoms with Gasteiger partial charge in [0.15, 0.2) is 0 Å². The average Bonchev–Trinajstić information content (AvgIpc) is 2.12. The molecule has 4 aliphatic rings. The lowest BCUT2D eigenvalue weighted by Gasteiger charge is -2.56. The largest absolute Gasteiger partial charge is 0.467 e. The van der Waals surface area contributed by atoms with E-state index in [1.807, 2.05) is 0 Å². The number of carbonyl (C=O) groups is 1. The molecule has 78 valence electrons. The Morgan fingerprint density at radius 2 is 1.57 bits per heavy atom. The Kier molecular flexibility index (Phi) is 1.86. The summed E-state index contributed by atoms with van der Waals surface area (Å²) in [5, 5.41) is 0. The fraction of sp³-hybridized carbons (Fsp3) is 0.917. The molecule has 0 atom stereocenters. The van der Waals surface area contributed by atoms with Crippen LogP contribution in [0.15, 0.2) is 0 Å². The number of hydrogen-bond donors (Lipinski definition) is 0. The first-order chi connectivity index (χ1) is 6.80. The molecule has 4 bridgehead atoms. The van der Waals surface area contributed by atoms with Gasteiger partial charge in [-0.05, 0) is 56.3 Å². The molecule has 0 N–H and O–H groups in total. The van der Waals surface area contributed by atoms with E-state index in [9.17, 15) is 4.79 Å². The molecular weight excluding hydrogens is 176 g/mol. The molecule has 4 saturated carbocycles. The molecule has 0 aliphatic heterocycles. The van der Waals surface area contributed by atoms with Crippen LogP contribution in [0.5, 0.6) is 0 Å². The van der Waals surface area contributed by atoms with Crippen LogP contribution in [-0.4, -0.2) is 13.1 Å². The fourth-order valence-electron chi connectivity index (χ4n) is 4.68. The Labute approximate surface area is 85.0 Å². The predicted octanol–water partition coefficient (Wildman–Crippen LogP) is 2.38. The van der Waals surface area contributed by atoms with Gasteiger partial charge in [-0.1, -0.05) is 0 Å². The predicted molar refractivity (Wildman–Crippen MR) is 52.6 cm³/mol. The molecular formula is C12H18O2. The number of hydrogen-bond acceptors (Lipinski definition) is 2. The van der Waals surface area contributed by atoms with Crippen LogP contribution in [-0.2, 0) is 9.53 Å². The number of carbonyl (C=O) groups excluding carboxylic acids is 1. The maximum atomic E-state index is 10.3. The summed E-state index contributed by atoms with van der Waals surface area (Å²) >= 11 is 0. The second-order valence-electron chi connectivity index (χ2n) is 5.82. The number of rotatable bonds is 3. The van der Waals surface area contributed by atoms with Gasteiger partial charge in [-0.25, -0.2) is 0 Å². The molecule has 0 aromatic rings. The lowest BCUT2D eigenvalue weighted by Crippen LogP contribution is -2.48. The number of ether oxygens (including phenoxy) is 1. The van der Waals surface area contributed by atoms with Crippen LogP contribution in [0, 0.1) is 23.2 Å². The van der Waals surface area contributed by atoms with E-state index in [4.69, 9.17) is 4.74 Å². The highest BCUT2D eigenvalue weighted by Gasteiger charge is 2.51. The molecule has 4 fully saturated rings. The third-order valence-corrected chi connectivity index (χ3v) is 4.62. The highest BCUT2D eigenvalue weighted by molar-refractivity contribution is 5.37. The Bertz CT molecular complexity index is 211. The second-order valence-corrected chi connectivity index (χ2v) is 5.82. The van der Waals surface area contributed by atoms with Crippen molar-refractivity contribution in [3.8, 4) is 0 Å². The minimum absolute atomic E-state index is 0.398. The zero-order chi connectivity index (χ0) is 9.60. The van der Waals surface area contributed by atoms with E-state index in [-0.39, 0.29) is 0 Å². The first kappa shape index (κ1) is 8.75. The maximum Gasteiger partial charge on any atom is 0.293 e. The quantitative estimate of drug-likeness (QED) is 0.645. The molecule has 0 amide bonds. The SMILES string of the molecule is O=COCC12CC3CC(CC(C3)C1)C2. The molecule has 14 heavy (non-hydrogen) atoms. The second kappa shape index (κ2) is 2.98. The van der Waals surface area contributed by atoms with Gasteiger partial charge >= 0.3 is 0 Å². The summed E-state index contributed by atoms with van der Waals surface area (Å²) < 4.78 is 5.04. The van der Waals surface area contributed by atoms with Crippen molar-refractivity contribution in [2.75, 3.05) is 6.61 Å². The van der Waals surface area contributed by atoms with Crippen molar-refractivity contribution in [3.05, 3.63) is 0 Å². The molecule has 2 heteroatoms. The summed E-state index contributed by atoms with van der Waals surface area (Å²) in [6, 6.07) is 0. The monoisotopic (exact) mass is 194 g/mol. The van der Waals surface area contributed by atoms with Crippen molar-refractivity contribution in [3.63, 3.8) is 0 Å². The molecule has 0 aromatic carbocycles. The van der Waals surface area contributed by atoms with E-state index in [0.717, 1.165) is 17.8 Å². The Morgan fingerprint density at radius 3 is 2.00 bits per heavy atom. The summed E-state index contributed by atoms with van der Waals surface area (Å²) in [5.41, 5.74) is 0.398. The highest BCUT2D eigenvalue weighted by Crippen LogP contribution is 2.59. The zero-order valence-corrected chi connectivity index (χ0v) is 8.58. The topological polar surface area (TPSA) is 26.3 Å². The molecule has 0 radical (unpaired) electrons. The normalized spacial score (nSPS) is 49.3. The van der Waals surface area contributed by atoms with E-state index in [2.05, 4.69) is 0 Å². The minimum Gasteiger partial charge on any atom is -0.467 e. The first-order valence-electron chi connectivity index (χ1n) is 5.85. The van der Waals surface area contributed by atoms with Gasteiger partial charge in [0, 0.05) is 5.41 Å². The van der Waals surface area contributed by atoms with Crippen molar-refractivity contribution in [2.24, 2.45) is 23.2 Å². The van der Waals surface area contributed by atoms with E-state index in [0.29, 0.717) is 18.5 Å². The zero-order valence-electron chi connectivity index (χ0n) is 8.58. The van der Waals surface area contributed by atoms with Crippen LogP contribution in [0.25, 0.3) is 0 Å². The molecule has 0 unspecified atom stereocenters. The van der Waals surface area contributed by atoms with Crippen molar-refractivity contribution in [1.29, 1.82) is 0 Å². The van der Waals surface area contributed by atoms with Crippen LogP contribution < -0.4 is 0 Å². The average molecular weight is 194 g/mol. The third kappa shape index (κ3) is 1.27. The first-order valence-corrected chi connectivity index (χ1v) is 5.85. The van der Waals surface area contributed by atoms with Crippen LogP contribution >= 0.6 is 0 Å². The van der Waals surface area contributed by atoms with Crippen LogP contribution in [0.1, 0.15) is 38.5 Å². The van der Waals surface area contributed by atoms with Gasteiger partial charge in [0.05, 0.1) is 6.61 Å². The van der Waals surface area contributed by atoms with Crippen molar-refractivity contribution < 1.29 is 9.53 Å². The van der Waals surface area contributed by atoms with Crippen LogP contribution in [0.3, 0.4) is 0 Å². The van der Waals surface area contributed by atoms with Gasteiger partial charge in [0.2, 0.25) is 0 Å². The van der Waals surface area contributed by atoms with Gasteiger partial charge in [-0.3, -0.25) is 4.79 Å². The molecule has 4 rings (SSSR count). The highest BCUT2D eigenvalue weighted by atomic mass is 16.5. The molecule has 0 heterocycles. The van der Waals surface area contributed by atoms with E-state index >= 15 is 0 Å². The lowest BCUT2D eigenvalue weighted by atomic mass is 9.50. The minimum atomic E-state index is 0.398. The van der Waals surface area contributed by atoms with E-state index < -0.39 is 0 Å². The smallest absolute Gasteiger partial charge is 0.293 e. The fourth-order valence-corrected chi connectivity index (χ4v) is 4.68. The summed E-state index contributed by atoms with van der Waals surface area (Å²) in [7, 11) is 0. The standard InChI is InChI=1S/C12H18O2/c13-8-14-7-12-4-9-1-10(5-12)3-11(2-9)6-12/h8-11H,1-7H2. The molecule has 2 nitrogen and oxygen atoms in total. The van der Waals surface area contributed by atoms with Gasteiger partial charge in [0.1, 0.15) is 0 Å². The lowest BCUT2D eigenvalue weighted by molar-refractivity contribution is -0.141.